The summed E-state index contributed by atoms with van der Waals surface area (Å²) in [7, 11) is 0. The number of aromatic nitrogens is 6. The average Bonchev–Trinajstić information content (AvgIpc) is 3.22. The molecular weight excluding hydrogens is 344 g/mol. The number of rotatable bonds is 4. The molecule has 0 bridgehead atoms. The highest BCUT2D eigenvalue weighted by atomic mass is 35.5. The lowest BCUT2D eigenvalue weighted by atomic mass is 9.92. The third-order valence-corrected chi connectivity index (χ3v) is 4.34. The Morgan fingerprint density at radius 2 is 2.08 bits per heavy atom. The molecule has 10 heteroatoms. The molecule has 1 aromatic carbocycles. The number of anilines is 1. The Kier molecular flexibility index (Phi) is 3.65. The number of carbonyl (C=O) groups is 1. The van der Waals surface area contributed by atoms with Crippen molar-refractivity contribution >= 4 is 23.5 Å². The summed E-state index contributed by atoms with van der Waals surface area (Å²) in [4.78, 5) is 14.3. The Morgan fingerprint density at radius 1 is 1.32 bits per heavy atom. The van der Waals surface area contributed by atoms with Crippen LogP contribution in [0.1, 0.15) is 17.4 Å². The number of aromatic amines is 1. The van der Waals surface area contributed by atoms with Gasteiger partial charge < -0.3 is 10.2 Å². The topological polar surface area (TPSA) is 105 Å². The van der Waals surface area contributed by atoms with Crippen LogP contribution in [0.15, 0.2) is 36.5 Å². The number of para-hydroxylation sites is 1. The Labute approximate surface area is 148 Å². The third kappa shape index (κ3) is 2.82. The highest BCUT2D eigenvalue weighted by Crippen LogP contribution is 2.27. The normalized spacial score (nSPS) is 15.7. The van der Waals surface area contributed by atoms with Crippen molar-refractivity contribution in [3.63, 3.8) is 0 Å². The van der Waals surface area contributed by atoms with Gasteiger partial charge in [-0.15, -0.1) is 0 Å². The predicted molar refractivity (Wildman–Crippen MR) is 90.8 cm³/mol. The highest BCUT2D eigenvalue weighted by molar-refractivity contribution is 6.33. The molecule has 3 aromatic rings. The van der Waals surface area contributed by atoms with Crippen molar-refractivity contribution in [1.82, 2.24) is 35.7 Å². The van der Waals surface area contributed by atoms with Gasteiger partial charge in [0.1, 0.15) is 5.69 Å². The molecule has 1 saturated heterocycles. The molecule has 0 radical (unpaired) electrons. The van der Waals surface area contributed by atoms with Gasteiger partial charge in [0.15, 0.2) is 0 Å². The summed E-state index contributed by atoms with van der Waals surface area (Å²) in [6.45, 7) is 3.12. The zero-order valence-electron chi connectivity index (χ0n) is 13.3. The van der Waals surface area contributed by atoms with Gasteiger partial charge in [0.25, 0.3) is 11.9 Å². The zero-order chi connectivity index (χ0) is 17.4. The number of tetrazole rings is 1. The largest absolute Gasteiger partial charge is 0.342 e. The lowest BCUT2D eigenvalue weighted by Gasteiger charge is -2.48. The number of hydrogen-bond acceptors (Lipinski definition) is 6. The van der Waals surface area contributed by atoms with Crippen molar-refractivity contribution in [3.05, 3.63) is 47.2 Å². The summed E-state index contributed by atoms with van der Waals surface area (Å²) in [5, 5.41) is 21.5. The Hall–Kier alpha value is -2.94. The van der Waals surface area contributed by atoms with E-state index in [4.69, 9.17) is 11.6 Å². The molecule has 9 nitrogen and oxygen atoms in total. The fourth-order valence-electron chi connectivity index (χ4n) is 2.90. The molecule has 1 aliphatic heterocycles. The minimum Gasteiger partial charge on any atom is -0.342 e. The van der Waals surface area contributed by atoms with Crippen molar-refractivity contribution in [3.8, 4) is 5.69 Å². The summed E-state index contributed by atoms with van der Waals surface area (Å²) in [6.07, 6.45) is 1.40. The maximum Gasteiger partial charge on any atom is 0.271 e. The van der Waals surface area contributed by atoms with Crippen molar-refractivity contribution in [2.45, 2.75) is 12.5 Å². The highest BCUT2D eigenvalue weighted by Gasteiger charge is 2.42. The molecule has 1 aliphatic rings. The molecule has 25 heavy (non-hydrogen) atoms. The second-order valence-electron chi connectivity index (χ2n) is 6.19. The first kappa shape index (κ1) is 15.6. The number of nitrogens with one attached hydrogen (secondary N) is 2. The molecule has 0 spiro atoms. The van der Waals surface area contributed by atoms with Gasteiger partial charge >= 0.3 is 0 Å². The van der Waals surface area contributed by atoms with Gasteiger partial charge in [0, 0.05) is 13.1 Å². The van der Waals surface area contributed by atoms with Gasteiger partial charge in [-0.05, 0) is 29.5 Å². The lowest BCUT2D eigenvalue weighted by molar-refractivity contribution is 0.0883. The molecule has 2 aromatic heterocycles. The fourth-order valence-corrected chi connectivity index (χ4v) is 3.08. The maximum atomic E-state index is 12.3. The van der Waals surface area contributed by atoms with E-state index in [9.17, 15) is 4.79 Å². The lowest BCUT2D eigenvalue weighted by Crippen LogP contribution is -2.69. The van der Waals surface area contributed by atoms with Gasteiger partial charge in [-0.1, -0.05) is 34.9 Å². The predicted octanol–water partition coefficient (Wildman–Crippen LogP) is 1.05. The molecule has 0 saturated carbocycles. The third-order valence-electron chi connectivity index (χ3n) is 4.05. The van der Waals surface area contributed by atoms with E-state index in [2.05, 4.69) is 31.0 Å². The quantitative estimate of drug-likeness (QED) is 0.722. The second kappa shape index (κ2) is 5.85. The van der Waals surface area contributed by atoms with E-state index in [1.165, 1.54) is 6.20 Å². The maximum absolute atomic E-state index is 12.3. The van der Waals surface area contributed by atoms with Crippen LogP contribution in [-0.2, 0) is 0 Å². The van der Waals surface area contributed by atoms with E-state index < -0.39 is 5.54 Å². The number of benzene rings is 1. The van der Waals surface area contributed by atoms with Gasteiger partial charge in [0.05, 0.1) is 22.4 Å². The molecule has 0 atom stereocenters. The Morgan fingerprint density at radius 3 is 2.76 bits per heavy atom. The fraction of sp³-hybridized carbons (Fsp3) is 0.267. The summed E-state index contributed by atoms with van der Waals surface area (Å²) in [6, 6.07) is 9.65. The minimum atomic E-state index is -0.404. The Balaban J connectivity index is 1.46. The molecule has 128 valence electrons. The van der Waals surface area contributed by atoms with Crippen LogP contribution in [-0.4, -0.2) is 54.9 Å². The van der Waals surface area contributed by atoms with Crippen LogP contribution in [0.5, 0.6) is 0 Å². The van der Waals surface area contributed by atoms with Gasteiger partial charge in [-0.25, -0.2) is 0 Å². The van der Waals surface area contributed by atoms with Crippen LogP contribution < -0.4 is 10.2 Å². The average molecular weight is 359 g/mol. The van der Waals surface area contributed by atoms with E-state index in [0.29, 0.717) is 24.1 Å². The molecule has 4 rings (SSSR count). The number of nitrogens with zero attached hydrogens (tertiary/aromatic N) is 6. The molecule has 0 unspecified atom stereocenters. The van der Waals surface area contributed by atoms with Gasteiger partial charge in [0.2, 0.25) is 0 Å². The van der Waals surface area contributed by atoms with Crippen LogP contribution in [0.25, 0.3) is 5.69 Å². The minimum absolute atomic E-state index is 0.260. The summed E-state index contributed by atoms with van der Waals surface area (Å²) >= 11 is 5.93. The van der Waals surface area contributed by atoms with E-state index in [0.717, 1.165) is 5.69 Å². The number of hydrogen-bond donors (Lipinski definition) is 2. The second-order valence-corrected chi connectivity index (χ2v) is 6.60. The Bertz CT molecular complexity index is 899. The SMILES string of the molecule is CC1(NC(=O)c2[nH]ncc2Cl)CN(c2nnnn2-c2ccccc2)C1. The van der Waals surface area contributed by atoms with Crippen LogP contribution in [0.4, 0.5) is 5.95 Å². The first-order chi connectivity index (χ1) is 12.1. The van der Waals surface area contributed by atoms with Crippen LogP contribution >= 0.6 is 11.6 Å². The van der Waals surface area contributed by atoms with Crippen molar-refractivity contribution in [2.24, 2.45) is 0 Å². The molecule has 2 N–H and O–H groups in total. The number of amides is 1. The van der Waals surface area contributed by atoms with Crippen LogP contribution in [0.2, 0.25) is 5.02 Å². The van der Waals surface area contributed by atoms with E-state index in [-0.39, 0.29) is 11.6 Å². The smallest absolute Gasteiger partial charge is 0.271 e. The van der Waals surface area contributed by atoms with E-state index >= 15 is 0 Å². The van der Waals surface area contributed by atoms with Crippen LogP contribution in [0.3, 0.4) is 0 Å². The standard InChI is InChI=1S/C15H15ClN8O/c1-15(18-13(25)12-11(16)7-17-19-12)8-23(9-15)14-20-21-22-24(14)10-5-3-2-4-6-10/h2-7H,8-9H2,1H3,(H,17,19)(H,18,25). The summed E-state index contributed by atoms with van der Waals surface area (Å²) in [5.74, 6) is 0.352. The number of carbonyl (C=O) groups excluding carboxylic acids is 1. The molecule has 0 aliphatic carbocycles. The first-order valence-corrected chi connectivity index (χ1v) is 8.04. The monoisotopic (exact) mass is 358 g/mol. The molecule has 1 fully saturated rings. The van der Waals surface area contributed by atoms with Gasteiger partial charge in [-0.2, -0.15) is 9.78 Å². The number of H-pyrrole nitrogens is 1. The van der Waals surface area contributed by atoms with E-state index in [1.54, 1.807) is 4.68 Å². The van der Waals surface area contributed by atoms with E-state index in [1.807, 2.05) is 42.2 Å². The molecule has 1 amide bonds. The zero-order valence-corrected chi connectivity index (χ0v) is 14.1. The first-order valence-electron chi connectivity index (χ1n) is 7.66. The van der Waals surface area contributed by atoms with Gasteiger partial charge in [-0.3, -0.25) is 9.89 Å². The molecule has 3 heterocycles. The van der Waals surface area contributed by atoms with Crippen molar-refractivity contribution in [2.75, 3.05) is 18.0 Å². The summed E-state index contributed by atoms with van der Waals surface area (Å²) in [5.41, 5.74) is 0.735. The molecular formula is C15H15ClN8O. The van der Waals surface area contributed by atoms with Crippen molar-refractivity contribution in [1.29, 1.82) is 0 Å². The number of halogens is 1. The summed E-state index contributed by atoms with van der Waals surface area (Å²) < 4.78 is 1.67. The van der Waals surface area contributed by atoms with Crippen molar-refractivity contribution < 1.29 is 4.79 Å². The van der Waals surface area contributed by atoms with Crippen LogP contribution in [0, 0.1) is 0 Å².